The molecule has 2 fully saturated rings. The van der Waals surface area contributed by atoms with E-state index in [-0.39, 0.29) is 42.1 Å². The van der Waals surface area contributed by atoms with Crippen molar-refractivity contribution in [1.29, 1.82) is 0 Å². The number of amides is 1. The Morgan fingerprint density at radius 1 is 0.881 bits per heavy atom. The predicted molar refractivity (Wildman–Crippen MR) is 159 cm³/mol. The van der Waals surface area contributed by atoms with Gasteiger partial charge in [0.15, 0.2) is 0 Å². The van der Waals surface area contributed by atoms with Gasteiger partial charge >= 0.3 is 5.97 Å². The van der Waals surface area contributed by atoms with Gasteiger partial charge in [0.05, 0.1) is 12.6 Å². The second-order valence-corrected chi connectivity index (χ2v) is 11.5. The van der Waals surface area contributed by atoms with Crippen molar-refractivity contribution in [3.05, 3.63) is 101 Å². The van der Waals surface area contributed by atoms with Crippen molar-refractivity contribution in [1.82, 2.24) is 19.6 Å². The fraction of sp³-hybridized carbons (Fsp3) is 0.394. The normalized spacial score (nSPS) is 21.3. The van der Waals surface area contributed by atoms with Crippen molar-refractivity contribution in [2.45, 2.75) is 38.5 Å². The molecule has 0 spiro atoms. The Hall–Kier alpha value is -3.79. The van der Waals surface area contributed by atoms with E-state index in [1.165, 1.54) is 6.07 Å². The molecule has 0 aromatic heterocycles. The van der Waals surface area contributed by atoms with E-state index in [1.54, 1.807) is 29.2 Å². The number of phenolic OH excluding ortho intramolecular Hbond substituents is 1. The lowest BCUT2D eigenvalue weighted by Gasteiger charge is -2.47. The van der Waals surface area contributed by atoms with Crippen LogP contribution in [0.1, 0.15) is 46.9 Å². The molecule has 2 aliphatic heterocycles. The highest BCUT2D eigenvalue weighted by molar-refractivity contribution is 5.94. The molecule has 8 nitrogen and oxygen atoms in total. The SMILES string of the molecule is C[C@@H]1CN(C(c2cccc(O)c2)c2cccc(C(=O)N3CCN(CC(=O)O)CC3)c2)[C@@H](C)CN1Cc1cccc(F)c1. The topological polar surface area (TPSA) is 87.6 Å². The van der Waals surface area contributed by atoms with Crippen molar-refractivity contribution < 1.29 is 24.2 Å². The quantitative estimate of drug-likeness (QED) is 0.420. The molecule has 3 aromatic carbocycles. The van der Waals surface area contributed by atoms with Crippen molar-refractivity contribution in [2.24, 2.45) is 0 Å². The third-order valence-corrected chi connectivity index (χ3v) is 8.42. The average molecular weight is 575 g/mol. The molecule has 0 bridgehead atoms. The molecule has 222 valence electrons. The van der Waals surface area contributed by atoms with Crippen LogP contribution < -0.4 is 0 Å². The summed E-state index contributed by atoms with van der Waals surface area (Å²) in [5.41, 5.74) is 3.45. The van der Waals surface area contributed by atoms with Crippen molar-refractivity contribution in [2.75, 3.05) is 45.8 Å². The first-order valence-corrected chi connectivity index (χ1v) is 14.5. The van der Waals surface area contributed by atoms with Crippen molar-refractivity contribution in [3.8, 4) is 5.75 Å². The molecular weight excluding hydrogens is 535 g/mol. The van der Waals surface area contributed by atoms with E-state index in [0.29, 0.717) is 38.3 Å². The first kappa shape index (κ1) is 29.7. The number of carbonyl (C=O) groups is 2. The van der Waals surface area contributed by atoms with Crippen molar-refractivity contribution in [3.63, 3.8) is 0 Å². The van der Waals surface area contributed by atoms with Gasteiger partial charge in [-0.25, -0.2) is 4.39 Å². The molecule has 0 radical (unpaired) electrons. The molecule has 5 rings (SSSR count). The van der Waals surface area contributed by atoms with E-state index < -0.39 is 5.97 Å². The van der Waals surface area contributed by atoms with Gasteiger partial charge < -0.3 is 15.1 Å². The zero-order chi connectivity index (χ0) is 29.8. The smallest absolute Gasteiger partial charge is 0.317 e. The number of halogens is 1. The van der Waals surface area contributed by atoms with E-state index in [4.69, 9.17) is 5.11 Å². The van der Waals surface area contributed by atoms with Gasteiger partial charge in [-0.1, -0.05) is 36.4 Å². The summed E-state index contributed by atoms with van der Waals surface area (Å²) in [6, 6.07) is 21.9. The average Bonchev–Trinajstić information content (AvgIpc) is 2.96. The monoisotopic (exact) mass is 574 g/mol. The maximum absolute atomic E-state index is 13.8. The first-order chi connectivity index (χ1) is 20.2. The third-order valence-electron chi connectivity index (χ3n) is 8.42. The fourth-order valence-corrected chi connectivity index (χ4v) is 6.27. The summed E-state index contributed by atoms with van der Waals surface area (Å²) >= 11 is 0. The minimum absolute atomic E-state index is 0.0186. The second kappa shape index (κ2) is 13.0. The van der Waals surface area contributed by atoms with Crippen LogP contribution in [0, 0.1) is 5.82 Å². The second-order valence-electron chi connectivity index (χ2n) is 11.5. The largest absolute Gasteiger partial charge is 0.508 e. The molecular formula is C33H39FN4O4. The highest BCUT2D eigenvalue weighted by Crippen LogP contribution is 2.35. The zero-order valence-electron chi connectivity index (χ0n) is 24.2. The number of benzene rings is 3. The number of hydrogen-bond donors (Lipinski definition) is 2. The van der Waals surface area contributed by atoms with Gasteiger partial charge in [-0.15, -0.1) is 0 Å². The van der Waals surface area contributed by atoms with Crippen LogP contribution in [0.4, 0.5) is 4.39 Å². The van der Waals surface area contributed by atoms with Crippen LogP contribution in [0.2, 0.25) is 0 Å². The Labute approximate surface area is 246 Å². The van der Waals surface area contributed by atoms with Crippen LogP contribution in [0.3, 0.4) is 0 Å². The molecule has 0 saturated carbocycles. The number of aliphatic carboxylic acids is 1. The lowest BCUT2D eigenvalue weighted by molar-refractivity contribution is -0.138. The molecule has 3 atom stereocenters. The van der Waals surface area contributed by atoms with Gasteiger partial charge in [0.1, 0.15) is 11.6 Å². The number of aromatic hydroxyl groups is 1. The Balaban J connectivity index is 1.38. The molecule has 2 aliphatic rings. The molecule has 9 heteroatoms. The number of carboxylic acid groups (broad SMARTS) is 1. The Bertz CT molecular complexity index is 1410. The maximum Gasteiger partial charge on any atom is 0.317 e. The number of rotatable bonds is 8. The minimum Gasteiger partial charge on any atom is -0.508 e. The molecule has 2 heterocycles. The van der Waals surface area contributed by atoms with E-state index in [1.807, 2.05) is 47.4 Å². The van der Waals surface area contributed by atoms with Gasteiger partial charge in [-0.3, -0.25) is 24.3 Å². The Kier molecular flexibility index (Phi) is 9.21. The molecule has 0 aliphatic carbocycles. The number of phenols is 1. The van der Waals surface area contributed by atoms with Crippen LogP contribution >= 0.6 is 0 Å². The van der Waals surface area contributed by atoms with Crippen LogP contribution in [0.15, 0.2) is 72.8 Å². The standard InChI is InChI=1S/C33H39FN4O4/c1-23-20-38(24(2)19-37(23)21-25-6-3-10-29(34)16-25)32(27-8-5-11-30(39)18-27)26-7-4-9-28(17-26)33(42)36-14-12-35(13-15-36)22-31(40)41/h3-11,16-18,23-24,32,39H,12-15,19-22H2,1-2H3,(H,40,41)/t23-,24+,32?/m1/s1. The molecule has 2 N–H and O–H groups in total. The molecule has 42 heavy (non-hydrogen) atoms. The molecule has 1 unspecified atom stereocenters. The van der Waals surface area contributed by atoms with Gasteiger partial charge in [-0.2, -0.15) is 0 Å². The number of piperazine rings is 2. The fourth-order valence-electron chi connectivity index (χ4n) is 6.27. The van der Waals surface area contributed by atoms with Gasteiger partial charge in [-0.05, 0) is 66.9 Å². The summed E-state index contributed by atoms with van der Waals surface area (Å²) in [5.74, 6) is -0.969. The van der Waals surface area contributed by atoms with Crippen LogP contribution in [-0.2, 0) is 11.3 Å². The molecule has 1 amide bonds. The summed E-state index contributed by atoms with van der Waals surface area (Å²) in [5, 5.41) is 19.5. The lowest BCUT2D eigenvalue weighted by Crippen LogP contribution is -2.56. The number of nitrogens with zero attached hydrogens (tertiary/aromatic N) is 4. The highest BCUT2D eigenvalue weighted by Gasteiger charge is 2.35. The van der Waals surface area contributed by atoms with Crippen LogP contribution in [0.5, 0.6) is 5.75 Å². The van der Waals surface area contributed by atoms with E-state index in [9.17, 15) is 19.1 Å². The van der Waals surface area contributed by atoms with E-state index in [0.717, 1.165) is 29.8 Å². The van der Waals surface area contributed by atoms with E-state index >= 15 is 0 Å². The molecule has 3 aromatic rings. The summed E-state index contributed by atoms with van der Waals surface area (Å²) in [4.78, 5) is 33.0. The minimum atomic E-state index is -0.862. The van der Waals surface area contributed by atoms with Crippen molar-refractivity contribution >= 4 is 11.9 Å². The van der Waals surface area contributed by atoms with Crippen LogP contribution in [-0.4, -0.2) is 99.6 Å². The highest BCUT2D eigenvalue weighted by atomic mass is 19.1. The Morgan fingerprint density at radius 3 is 2.26 bits per heavy atom. The van der Waals surface area contributed by atoms with Gasteiger partial charge in [0, 0.05) is 63.5 Å². The maximum atomic E-state index is 13.8. The summed E-state index contributed by atoms with van der Waals surface area (Å²) < 4.78 is 13.8. The van der Waals surface area contributed by atoms with Gasteiger partial charge in [0.25, 0.3) is 5.91 Å². The summed E-state index contributed by atoms with van der Waals surface area (Å²) in [6.07, 6.45) is 0. The van der Waals surface area contributed by atoms with E-state index in [2.05, 4.69) is 23.6 Å². The number of hydrogen-bond acceptors (Lipinski definition) is 6. The van der Waals surface area contributed by atoms with Crippen LogP contribution in [0.25, 0.3) is 0 Å². The predicted octanol–water partition coefficient (Wildman–Crippen LogP) is 4.06. The molecule has 2 saturated heterocycles. The summed E-state index contributed by atoms with van der Waals surface area (Å²) in [6.45, 7) is 8.56. The van der Waals surface area contributed by atoms with Gasteiger partial charge in [0.2, 0.25) is 0 Å². The third kappa shape index (κ3) is 6.98. The Morgan fingerprint density at radius 2 is 1.57 bits per heavy atom. The zero-order valence-corrected chi connectivity index (χ0v) is 24.2. The first-order valence-electron chi connectivity index (χ1n) is 14.5. The number of carbonyl (C=O) groups excluding carboxylic acids is 1. The number of carboxylic acids is 1. The lowest BCUT2D eigenvalue weighted by atomic mass is 9.92. The summed E-state index contributed by atoms with van der Waals surface area (Å²) in [7, 11) is 0.